The predicted molar refractivity (Wildman–Crippen MR) is 367 cm³/mol. The number of phosphoric acid groups is 1. The number of esters is 2. The predicted octanol–water partition coefficient (Wildman–Crippen LogP) is 6.69. The Morgan fingerprint density at radius 2 is 0.908 bits per heavy atom. The molecule has 3 aliphatic rings. The van der Waals surface area contributed by atoms with E-state index in [1.807, 2.05) is 40.7 Å². The third-order valence-corrected chi connectivity index (χ3v) is 17.1. The van der Waals surface area contributed by atoms with Crippen molar-refractivity contribution in [3.05, 3.63) is 24.3 Å². The first-order chi connectivity index (χ1) is 47.3. The molecule has 0 aliphatic carbocycles. The number of amides is 2. The largest absolute Gasteiger partial charge is 0.474 e. The molecule has 0 bridgehead atoms. The number of nitrogens with one attached hydrogen (secondary N) is 2. The highest BCUT2D eigenvalue weighted by Gasteiger charge is 2.53. The SMILES string of the molecule is C/C=C/CCCCCCCC(=O)O[C@H](COC(=O)CCCCCCC/C=C/CCCCCCCC)COP(=O)(OC)OCCNC(=O)CCCCC(=O)NCCCO[C@@H]1OC(CO)[C@@H](O[C@@H]2OC(CO)[C@H](O[C@H]3OC(CO)[C@H](O)[C@H](O)C3O)[C@H](O)C2O)[C@H](O)C1O.CC.CC.CCC. The van der Waals surface area contributed by atoms with Gasteiger partial charge in [0.25, 0.3) is 0 Å². The Balaban J connectivity index is 0.0000129. The summed E-state index contributed by atoms with van der Waals surface area (Å²) in [6, 6.07) is 0. The molecule has 0 saturated carbocycles. The van der Waals surface area contributed by atoms with Gasteiger partial charge in [0.05, 0.1) is 39.6 Å². The maximum absolute atomic E-state index is 13.4. The zero-order valence-corrected chi connectivity index (χ0v) is 61.3. The molecule has 17 atom stereocenters. The highest BCUT2D eigenvalue weighted by Crippen LogP contribution is 2.48. The Morgan fingerprint density at radius 1 is 0.480 bits per heavy atom. The first-order valence-electron chi connectivity index (χ1n) is 36.4. The van der Waals surface area contributed by atoms with E-state index in [4.69, 9.17) is 51.5 Å². The van der Waals surface area contributed by atoms with E-state index < -0.39 is 144 Å². The number of phosphoric ester groups is 1. The molecule has 3 saturated heterocycles. The number of unbranched alkanes of at least 4 members (excludes halogenated alkanes) is 17. The fourth-order valence-corrected chi connectivity index (χ4v) is 11.2. The molecule has 98 heavy (non-hydrogen) atoms. The molecule has 3 aliphatic heterocycles. The summed E-state index contributed by atoms with van der Waals surface area (Å²) in [5.74, 6) is -1.63. The van der Waals surface area contributed by atoms with Gasteiger partial charge in [0.15, 0.2) is 25.0 Å². The van der Waals surface area contributed by atoms with Crippen LogP contribution in [0.1, 0.15) is 229 Å². The zero-order chi connectivity index (χ0) is 73.5. The van der Waals surface area contributed by atoms with E-state index in [0.29, 0.717) is 25.7 Å². The van der Waals surface area contributed by atoms with Gasteiger partial charge in [-0.05, 0) is 77.6 Å². The summed E-state index contributed by atoms with van der Waals surface area (Å²) in [7, 11) is -3.10. The number of rotatable bonds is 51. The second-order valence-electron chi connectivity index (χ2n) is 23.9. The second kappa shape index (κ2) is 60.3. The second-order valence-corrected chi connectivity index (χ2v) is 25.7. The molecule has 7 unspecified atom stereocenters. The van der Waals surface area contributed by atoms with Crippen molar-refractivity contribution in [3.63, 3.8) is 0 Å². The zero-order valence-electron chi connectivity index (χ0n) is 60.5. The van der Waals surface area contributed by atoms with E-state index in [2.05, 4.69) is 49.6 Å². The fourth-order valence-electron chi connectivity index (χ4n) is 10.3. The number of ether oxygens (including phenoxy) is 8. The van der Waals surface area contributed by atoms with Gasteiger partial charge in [-0.25, -0.2) is 4.57 Å². The first kappa shape index (κ1) is 94.8. The molecule has 2 amide bonds. The van der Waals surface area contributed by atoms with Crippen LogP contribution in [-0.2, 0) is 75.2 Å². The number of allylic oxidation sites excluding steroid dienone is 4. The molecule has 0 radical (unpaired) electrons. The van der Waals surface area contributed by atoms with Gasteiger partial charge in [0.1, 0.15) is 79.9 Å². The third-order valence-electron chi connectivity index (χ3n) is 15.7. The number of carbonyl (C=O) groups is 4. The average molecular weight is 1440 g/mol. The smallest absolute Gasteiger partial charge is 0.462 e. The first-order valence-corrected chi connectivity index (χ1v) is 37.8. The standard InChI is InChI=1S/C62H111N2O26P.C3H8.2C2H6/c1-4-6-8-10-12-14-15-16-17-18-19-20-22-23-25-32-49(70)82-41-43(85-50(71)33-26-24-21-13-11-9-7-5-2)42-84-91(79,80-3)83-37-35-64-48(69)31-28-27-30-47(68)63-34-29-36-81-60-56(77)53(74)58(45(39-66)87-60)90-62-57(78)54(75)59(46(40-67)88-62)89-61-55(76)52(73)51(72)44(38-65)86-61;1-3-2;2*1-2/h5,7,16-17,43-46,51-62,65-67,72-78H,4,6,8-15,18-42H2,1-3H3,(H,63,68)(H,64,69);3H2,1-2H3;2*1-2H3/b7-5+,17-16+;;;/t43-,44?,45?,46?,51+,52+,53-,54-,55?,56?,57?,58-,59+,60-,61-,62+,91?;;;/m1.../s1. The van der Waals surface area contributed by atoms with Crippen LogP contribution in [0.15, 0.2) is 24.3 Å². The number of hydrogen-bond acceptors (Lipinski definition) is 26. The van der Waals surface area contributed by atoms with E-state index in [1.54, 1.807) is 0 Å². The Morgan fingerprint density at radius 3 is 1.41 bits per heavy atom. The summed E-state index contributed by atoms with van der Waals surface area (Å²) in [5.41, 5.74) is 0. The van der Waals surface area contributed by atoms with E-state index >= 15 is 0 Å². The maximum atomic E-state index is 13.4. The lowest BCUT2D eigenvalue weighted by Crippen LogP contribution is -2.66. The van der Waals surface area contributed by atoms with E-state index in [9.17, 15) is 74.8 Å². The minimum absolute atomic E-state index is 0.0643. The highest BCUT2D eigenvalue weighted by molar-refractivity contribution is 7.48. The van der Waals surface area contributed by atoms with Crippen LogP contribution in [0.25, 0.3) is 0 Å². The Kier molecular flexibility index (Phi) is 58.3. The van der Waals surface area contributed by atoms with Gasteiger partial charge in [-0.2, -0.15) is 0 Å². The van der Waals surface area contributed by atoms with Crippen LogP contribution in [0.2, 0.25) is 0 Å². The molecule has 578 valence electrons. The topological polar surface area (TPSA) is 413 Å². The Bertz CT molecular complexity index is 2080. The van der Waals surface area contributed by atoms with Gasteiger partial charge in [-0.3, -0.25) is 32.7 Å². The van der Waals surface area contributed by atoms with Crippen LogP contribution in [0.5, 0.6) is 0 Å². The normalized spacial score (nSPS) is 26.3. The van der Waals surface area contributed by atoms with Crippen molar-refractivity contribution in [2.24, 2.45) is 0 Å². The number of aliphatic hydroxyl groups excluding tert-OH is 10. The molecule has 3 rings (SSSR count). The average Bonchev–Trinajstić information content (AvgIpc) is 0.784. The van der Waals surface area contributed by atoms with Crippen molar-refractivity contribution in [3.8, 4) is 0 Å². The van der Waals surface area contributed by atoms with Crippen LogP contribution < -0.4 is 10.6 Å². The van der Waals surface area contributed by atoms with E-state index in [-0.39, 0.29) is 76.8 Å². The fraction of sp³-hybridized carbons (Fsp3) is 0.884. The molecule has 0 spiro atoms. The molecule has 28 nitrogen and oxygen atoms in total. The van der Waals surface area contributed by atoms with Crippen LogP contribution in [-0.4, -0.2) is 239 Å². The summed E-state index contributed by atoms with van der Waals surface area (Å²) >= 11 is 0. The van der Waals surface area contributed by atoms with Crippen LogP contribution in [0, 0.1) is 0 Å². The lowest BCUT2D eigenvalue weighted by molar-refractivity contribution is -0.379. The summed E-state index contributed by atoms with van der Waals surface area (Å²) in [6.45, 7) is 13.0. The van der Waals surface area contributed by atoms with E-state index in [0.717, 1.165) is 77.7 Å². The van der Waals surface area contributed by atoms with Gasteiger partial charge in [0.2, 0.25) is 11.8 Å². The Labute approximate surface area is 584 Å². The summed E-state index contributed by atoms with van der Waals surface area (Å²) < 4.78 is 73.8. The molecule has 0 aromatic carbocycles. The molecule has 12 N–H and O–H groups in total. The number of carbonyl (C=O) groups excluding carboxylic acids is 4. The Hall–Kier alpha value is -3.17. The van der Waals surface area contributed by atoms with Crippen molar-refractivity contribution in [2.45, 2.75) is 327 Å². The van der Waals surface area contributed by atoms with Crippen molar-refractivity contribution in [2.75, 3.05) is 66.4 Å². The summed E-state index contributed by atoms with van der Waals surface area (Å²) in [4.78, 5) is 50.7. The van der Waals surface area contributed by atoms with Crippen molar-refractivity contribution >= 4 is 31.6 Å². The summed E-state index contributed by atoms with van der Waals surface area (Å²) in [6.07, 6.45) is 5.00. The lowest BCUT2D eigenvalue weighted by atomic mass is 9.96. The third kappa shape index (κ3) is 40.6. The molecular weight excluding hydrogens is 1300 g/mol. The van der Waals surface area contributed by atoms with Crippen molar-refractivity contribution < 1.29 is 126 Å². The van der Waals surface area contributed by atoms with E-state index in [1.165, 1.54) is 44.9 Å². The van der Waals surface area contributed by atoms with Gasteiger partial charge in [0, 0.05) is 45.9 Å². The monoisotopic (exact) mass is 1430 g/mol. The molecule has 0 aromatic heterocycles. The quantitative estimate of drug-likeness (QED) is 0.0131. The van der Waals surface area contributed by atoms with Gasteiger partial charge in [-0.1, -0.05) is 150 Å². The maximum Gasteiger partial charge on any atom is 0.474 e. The van der Waals surface area contributed by atoms with Gasteiger partial charge < -0.3 is 99.6 Å². The van der Waals surface area contributed by atoms with Gasteiger partial charge in [-0.15, -0.1) is 0 Å². The van der Waals surface area contributed by atoms with Crippen LogP contribution in [0.3, 0.4) is 0 Å². The minimum Gasteiger partial charge on any atom is -0.462 e. The summed E-state index contributed by atoms with van der Waals surface area (Å²) in [5, 5.41) is 110. The van der Waals surface area contributed by atoms with Crippen LogP contribution >= 0.6 is 7.82 Å². The van der Waals surface area contributed by atoms with Crippen molar-refractivity contribution in [1.82, 2.24) is 10.6 Å². The van der Waals surface area contributed by atoms with Crippen molar-refractivity contribution in [1.29, 1.82) is 0 Å². The lowest BCUT2D eigenvalue weighted by Gasteiger charge is -2.48. The molecule has 0 aromatic rings. The molecule has 29 heteroatoms. The molecular formula is C69H131N2O26P. The molecule has 3 heterocycles. The number of aliphatic hydroxyl groups is 10. The minimum atomic E-state index is -4.22. The highest BCUT2D eigenvalue weighted by atomic mass is 31.2. The van der Waals surface area contributed by atoms with Crippen LogP contribution in [0.4, 0.5) is 0 Å². The molecule has 3 fully saturated rings. The number of hydrogen-bond donors (Lipinski definition) is 12. The van der Waals surface area contributed by atoms with Gasteiger partial charge >= 0.3 is 19.8 Å².